The molecule has 1 fully saturated rings. The highest BCUT2D eigenvalue weighted by atomic mass is 19.1. The molecule has 0 bridgehead atoms. The van der Waals surface area contributed by atoms with Gasteiger partial charge in [-0.05, 0) is 24.6 Å². The first-order valence-electron chi connectivity index (χ1n) is 10.3. The van der Waals surface area contributed by atoms with Crippen LogP contribution in [0.25, 0.3) is 0 Å². The van der Waals surface area contributed by atoms with E-state index >= 15 is 0 Å². The molecule has 0 saturated carbocycles. The van der Waals surface area contributed by atoms with Crippen molar-refractivity contribution in [3.63, 3.8) is 0 Å². The third kappa shape index (κ3) is 3.98. The van der Waals surface area contributed by atoms with Crippen molar-refractivity contribution < 1.29 is 24.9 Å². The second-order valence-corrected chi connectivity index (χ2v) is 7.36. The number of carbonyl (C=O) groups excluding carboxylic acids is 4. The van der Waals surface area contributed by atoms with Crippen molar-refractivity contribution in [2.45, 2.75) is 38.9 Å². The number of benzene rings is 2. The molecule has 9 heteroatoms. The second kappa shape index (κ2) is 8.17. The molecule has 0 spiro atoms. The molecule has 0 aliphatic carbocycles. The maximum atomic E-state index is 14.7. The van der Waals surface area contributed by atoms with E-state index in [1.165, 1.54) is 13.0 Å². The smallest absolute Gasteiger partial charge is 0.255 e. The molecule has 160 valence electrons. The SMILES string of the molecule is [2H][C@@]1(N2Cc3c(NCc4cccc(NC(C)=O)c4F)cccc3C2=O)CCC(=O)NC1=O. The van der Waals surface area contributed by atoms with Crippen molar-refractivity contribution in [1.29, 1.82) is 0 Å². The molecule has 8 nitrogen and oxygen atoms in total. The summed E-state index contributed by atoms with van der Waals surface area (Å²) in [5.74, 6) is -2.70. The summed E-state index contributed by atoms with van der Waals surface area (Å²) in [7, 11) is 0. The Kier molecular flexibility index (Phi) is 5.07. The lowest BCUT2D eigenvalue weighted by Crippen LogP contribution is -2.52. The number of hydrogen-bond acceptors (Lipinski definition) is 5. The van der Waals surface area contributed by atoms with Gasteiger partial charge in [-0.2, -0.15) is 0 Å². The van der Waals surface area contributed by atoms with Crippen LogP contribution < -0.4 is 16.0 Å². The number of hydrogen-bond donors (Lipinski definition) is 3. The maximum absolute atomic E-state index is 14.7. The van der Waals surface area contributed by atoms with Gasteiger partial charge in [-0.25, -0.2) is 4.39 Å². The number of amides is 4. The molecule has 1 saturated heterocycles. The van der Waals surface area contributed by atoms with Crippen LogP contribution in [0.15, 0.2) is 36.4 Å². The number of rotatable bonds is 5. The topological polar surface area (TPSA) is 108 Å². The summed E-state index contributed by atoms with van der Waals surface area (Å²) in [5.41, 5.74) is 1.90. The van der Waals surface area contributed by atoms with Crippen LogP contribution in [0.3, 0.4) is 0 Å². The fraction of sp³-hybridized carbons (Fsp3) is 0.273. The first-order chi connectivity index (χ1) is 15.2. The summed E-state index contributed by atoms with van der Waals surface area (Å²) in [6, 6.07) is 7.79. The van der Waals surface area contributed by atoms with Gasteiger partial charge in [0.15, 0.2) is 5.82 Å². The van der Waals surface area contributed by atoms with E-state index in [0.717, 1.165) is 4.90 Å². The predicted molar refractivity (Wildman–Crippen MR) is 111 cm³/mol. The van der Waals surface area contributed by atoms with Crippen molar-refractivity contribution in [2.24, 2.45) is 0 Å². The first-order valence-corrected chi connectivity index (χ1v) is 9.77. The van der Waals surface area contributed by atoms with Gasteiger partial charge >= 0.3 is 0 Å². The highest BCUT2D eigenvalue weighted by Gasteiger charge is 2.39. The summed E-state index contributed by atoms with van der Waals surface area (Å²) in [4.78, 5) is 49.2. The van der Waals surface area contributed by atoms with Gasteiger partial charge in [0.05, 0.1) is 7.06 Å². The average Bonchev–Trinajstić information content (AvgIpc) is 3.09. The molecule has 2 aliphatic rings. The van der Waals surface area contributed by atoms with Gasteiger partial charge in [-0.15, -0.1) is 0 Å². The van der Waals surface area contributed by atoms with E-state index in [4.69, 9.17) is 1.37 Å². The normalized spacial score (nSPS) is 20.8. The highest BCUT2D eigenvalue weighted by Crippen LogP contribution is 2.32. The number of anilines is 2. The molecule has 3 N–H and O–H groups in total. The van der Waals surface area contributed by atoms with Crippen molar-refractivity contribution in [1.82, 2.24) is 10.2 Å². The van der Waals surface area contributed by atoms with Crippen LogP contribution in [0.2, 0.25) is 0 Å². The lowest BCUT2D eigenvalue weighted by molar-refractivity contribution is -0.137. The van der Waals surface area contributed by atoms with Crippen LogP contribution >= 0.6 is 0 Å². The lowest BCUT2D eigenvalue weighted by Gasteiger charge is -2.29. The number of carbonyl (C=O) groups is 4. The largest absolute Gasteiger partial charge is 0.381 e. The second-order valence-electron chi connectivity index (χ2n) is 7.36. The molecule has 2 aliphatic heterocycles. The molecule has 4 amide bonds. The van der Waals surface area contributed by atoms with Crippen LogP contribution in [0.4, 0.5) is 15.8 Å². The average molecular weight is 425 g/mol. The Morgan fingerprint density at radius 2 is 1.97 bits per heavy atom. The summed E-state index contributed by atoms with van der Waals surface area (Å²) >= 11 is 0. The minimum Gasteiger partial charge on any atom is -0.381 e. The predicted octanol–water partition coefficient (Wildman–Crippen LogP) is 2.16. The van der Waals surface area contributed by atoms with Crippen molar-refractivity contribution >= 4 is 35.0 Å². The number of fused-ring (bicyclic) bond motifs is 1. The number of piperidine rings is 1. The molecular weight excluding hydrogens is 403 g/mol. The molecule has 0 radical (unpaired) electrons. The third-order valence-corrected chi connectivity index (χ3v) is 5.26. The van der Waals surface area contributed by atoms with Crippen molar-refractivity contribution in [2.75, 3.05) is 10.6 Å². The van der Waals surface area contributed by atoms with Crippen LogP contribution in [0.1, 0.15) is 42.6 Å². The zero-order chi connectivity index (χ0) is 23.0. The standard InChI is InChI=1S/C22H21FN4O4/c1-12(28)25-17-7-2-4-13(20(17)23)10-24-16-6-3-5-14-15(16)11-27(22(14)31)18-8-9-19(29)26-21(18)30/h2-7,18,24H,8-11H2,1H3,(H,25,28)(H,26,29,30)/t18-/m1/s1/i18D. The summed E-state index contributed by atoms with van der Waals surface area (Å²) in [6.45, 7) is 1.39. The van der Waals surface area contributed by atoms with E-state index in [2.05, 4.69) is 16.0 Å². The van der Waals surface area contributed by atoms with Gasteiger partial charge in [0.2, 0.25) is 17.7 Å². The van der Waals surface area contributed by atoms with Crippen LogP contribution in [0.5, 0.6) is 0 Å². The Balaban J connectivity index is 1.56. The Morgan fingerprint density at radius 3 is 2.71 bits per heavy atom. The van der Waals surface area contributed by atoms with E-state index in [0.29, 0.717) is 22.4 Å². The molecule has 2 aromatic carbocycles. The molecule has 2 aromatic rings. The number of nitrogens with zero attached hydrogens (tertiary/aromatic N) is 1. The van der Waals surface area contributed by atoms with Gasteiger partial charge in [0.25, 0.3) is 5.91 Å². The molecule has 31 heavy (non-hydrogen) atoms. The van der Waals surface area contributed by atoms with Crippen LogP contribution in [0, 0.1) is 5.82 Å². The molecule has 1 atom stereocenters. The Morgan fingerprint density at radius 1 is 1.23 bits per heavy atom. The minimum absolute atomic E-state index is 0.0108. The van der Waals surface area contributed by atoms with E-state index in [-0.39, 0.29) is 37.5 Å². The zero-order valence-electron chi connectivity index (χ0n) is 17.8. The number of halogens is 1. The van der Waals surface area contributed by atoms with Crippen LogP contribution in [-0.2, 0) is 27.5 Å². The summed E-state index contributed by atoms with van der Waals surface area (Å²) in [5, 5.41) is 7.68. The van der Waals surface area contributed by atoms with Gasteiger partial charge < -0.3 is 15.5 Å². The van der Waals surface area contributed by atoms with E-state index in [1.807, 2.05) is 0 Å². The monoisotopic (exact) mass is 425 g/mol. The first kappa shape index (κ1) is 19.2. The quantitative estimate of drug-likeness (QED) is 0.637. The molecular formula is C22H21FN4O4. The minimum atomic E-state index is -1.87. The van der Waals surface area contributed by atoms with E-state index < -0.39 is 29.6 Å². The highest BCUT2D eigenvalue weighted by molar-refractivity contribution is 6.06. The Bertz CT molecular complexity index is 1150. The van der Waals surface area contributed by atoms with Gasteiger partial charge in [-0.1, -0.05) is 18.2 Å². The zero-order valence-corrected chi connectivity index (χ0v) is 16.8. The Hall–Kier alpha value is -3.75. The summed E-state index contributed by atoms with van der Waals surface area (Å²) in [6.07, 6.45) is -0.105. The fourth-order valence-corrected chi connectivity index (χ4v) is 3.77. The van der Waals surface area contributed by atoms with E-state index in [9.17, 15) is 23.6 Å². The number of nitrogens with one attached hydrogen (secondary N) is 3. The maximum Gasteiger partial charge on any atom is 0.255 e. The molecule has 4 rings (SSSR count). The van der Waals surface area contributed by atoms with Gasteiger partial charge in [0, 0.05) is 48.8 Å². The van der Waals surface area contributed by atoms with Crippen LogP contribution in [-0.4, -0.2) is 34.5 Å². The fourth-order valence-electron chi connectivity index (χ4n) is 3.77. The Labute approximate surface area is 179 Å². The van der Waals surface area contributed by atoms with Crippen molar-refractivity contribution in [3.05, 3.63) is 58.9 Å². The lowest BCUT2D eigenvalue weighted by atomic mass is 10.0. The molecule has 2 heterocycles. The molecule has 0 aromatic heterocycles. The number of imide groups is 1. The molecule has 0 unspecified atom stereocenters. The van der Waals surface area contributed by atoms with E-state index in [1.54, 1.807) is 30.3 Å². The van der Waals surface area contributed by atoms with Gasteiger partial charge in [0.1, 0.15) is 6.02 Å². The summed E-state index contributed by atoms with van der Waals surface area (Å²) < 4.78 is 23.3. The van der Waals surface area contributed by atoms with Crippen molar-refractivity contribution in [3.8, 4) is 0 Å². The third-order valence-electron chi connectivity index (χ3n) is 5.26. The van der Waals surface area contributed by atoms with Gasteiger partial charge in [-0.3, -0.25) is 24.5 Å².